The lowest BCUT2D eigenvalue weighted by atomic mass is 9.90. The number of aromatic nitrogens is 6. The van der Waals surface area contributed by atoms with E-state index < -0.39 is 13.0 Å². The van der Waals surface area contributed by atoms with Crippen molar-refractivity contribution < 1.29 is 13.5 Å². The SMILES string of the molecule is Cc1nc2ccc(-c3ccn4nc(N[C@H]5CC[C@H](N6CCOCC6)CC5)ncc34)nc2n1CC(F)F. The first-order valence-corrected chi connectivity index (χ1v) is 12.6. The molecule has 9 nitrogen and oxygen atoms in total. The quantitative estimate of drug-likeness (QED) is 0.435. The van der Waals surface area contributed by atoms with Crippen LogP contribution in [0.4, 0.5) is 14.7 Å². The van der Waals surface area contributed by atoms with Crippen LogP contribution in [-0.2, 0) is 11.3 Å². The molecule has 0 amide bonds. The standard InChI is InChI=1S/C25H30F2N8O/c1-16-29-21-7-6-20(31-24(21)34(16)15-23(26)27)19-8-9-35-22(19)14-28-25(32-35)30-17-2-4-18(5-3-17)33-10-12-36-13-11-33/h6-9,14,17-18,23H,2-5,10-13,15H2,1H3,(H,30,32)/t17-,18-. The van der Waals surface area contributed by atoms with Crippen LogP contribution in [0, 0.1) is 6.92 Å². The number of morpholine rings is 1. The van der Waals surface area contributed by atoms with Crippen molar-refractivity contribution >= 4 is 22.6 Å². The van der Waals surface area contributed by atoms with Crippen molar-refractivity contribution in [1.29, 1.82) is 0 Å². The number of nitrogens with zero attached hydrogens (tertiary/aromatic N) is 7. The molecule has 0 radical (unpaired) electrons. The zero-order chi connectivity index (χ0) is 24.6. The Bertz CT molecular complexity index is 1360. The Balaban J connectivity index is 1.18. The number of anilines is 1. The fourth-order valence-electron chi connectivity index (χ4n) is 5.51. The van der Waals surface area contributed by atoms with Crippen molar-refractivity contribution in [3.63, 3.8) is 0 Å². The Hall–Kier alpha value is -3.18. The topological polar surface area (TPSA) is 85.4 Å². The number of hydrogen-bond donors (Lipinski definition) is 1. The molecule has 0 bridgehead atoms. The molecule has 4 aromatic rings. The van der Waals surface area contributed by atoms with Crippen LogP contribution in [0.1, 0.15) is 31.5 Å². The fraction of sp³-hybridized carbons (Fsp3) is 0.520. The van der Waals surface area contributed by atoms with Crippen LogP contribution < -0.4 is 5.32 Å². The third-order valence-corrected chi connectivity index (χ3v) is 7.39. The number of halogens is 2. The lowest BCUT2D eigenvalue weighted by molar-refractivity contribution is 0.00790. The summed E-state index contributed by atoms with van der Waals surface area (Å²) in [4.78, 5) is 16.2. The van der Waals surface area contributed by atoms with Crippen molar-refractivity contribution in [1.82, 2.24) is 34.0 Å². The highest BCUT2D eigenvalue weighted by Crippen LogP contribution is 2.28. The molecule has 2 fully saturated rings. The summed E-state index contributed by atoms with van der Waals surface area (Å²) < 4.78 is 34.9. The molecule has 2 aliphatic rings. The van der Waals surface area contributed by atoms with E-state index in [0.29, 0.717) is 40.7 Å². The van der Waals surface area contributed by atoms with Gasteiger partial charge in [-0.15, -0.1) is 5.10 Å². The van der Waals surface area contributed by atoms with Crippen LogP contribution >= 0.6 is 0 Å². The number of alkyl halides is 2. The molecule has 1 saturated carbocycles. The number of imidazole rings is 1. The predicted molar refractivity (Wildman–Crippen MR) is 132 cm³/mol. The number of hydrogen-bond acceptors (Lipinski definition) is 7. The maximum Gasteiger partial charge on any atom is 0.256 e. The van der Waals surface area contributed by atoms with E-state index >= 15 is 0 Å². The van der Waals surface area contributed by atoms with Gasteiger partial charge in [0.1, 0.15) is 11.3 Å². The largest absolute Gasteiger partial charge is 0.379 e. The molecule has 11 heteroatoms. The van der Waals surface area contributed by atoms with Gasteiger partial charge in [-0.05, 0) is 50.8 Å². The van der Waals surface area contributed by atoms with Gasteiger partial charge in [0, 0.05) is 36.9 Å². The van der Waals surface area contributed by atoms with Gasteiger partial charge < -0.3 is 14.6 Å². The van der Waals surface area contributed by atoms with Crippen molar-refractivity contribution in [2.45, 2.75) is 57.7 Å². The van der Waals surface area contributed by atoms with Gasteiger partial charge >= 0.3 is 0 Å². The van der Waals surface area contributed by atoms with Crippen LogP contribution in [0.2, 0.25) is 0 Å². The van der Waals surface area contributed by atoms with E-state index in [1.54, 1.807) is 17.6 Å². The van der Waals surface area contributed by atoms with Crippen molar-refractivity contribution in [2.24, 2.45) is 0 Å². The first-order valence-electron chi connectivity index (χ1n) is 12.6. The van der Waals surface area contributed by atoms with E-state index in [9.17, 15) is 8.78 Å². The smallest absolute Gasteiger partial charge is 0.256 e. The maximum atomic E-state index is 13.1. The lowest BCUT2D eigenvalue weighted by Crippen LogP contribution is -2.46. The summed E-state index contributed by atoms with van der Waals surface area (Å²) in [6, 6.07) is 6.61. The zero-order valence-electron chi connectivity index (χ0n) is 20.3. The highest BCUT2D eigenvalue weighted by molar-refractivity contribution is 5.82. The molecule has 0 atom stereocenters. The summed E-state index contributed by atoms with van der Waals surface area (Å²) in [6.45, 7) is 5.04. The van der Waals surface area contributed by atoms with E-state index in [-0.39, 0.29) is 0 Å². The van der Waals surface area contributed by atoms with Gasteiger partial charge in [-0.1, -0.05) is 0 Å². The Morgan fingerprint density at radius 2 is 1.89 bits per heavy atom. The van der Waals surface area contributed by atoms with E-state index in [0.717, 1.165) is 50.2 Å². The van der Waals surface area contributed by atoms with E-state index in [1.165, 1.54) is 17.4 Å². The number of ether oxygens (including phenoxy) is 1. The molecule has 0 aromatic carbocycles. The van der Waals surface area contributed by atoms with Gasteiger partial charge in [0.25, 0.3) is 6.43 Å². The van der Waals surface area contributed by atoms with Crippen LogP contribution in [0.25, 0.3) is 27.9 Å². The van der Waals surface area contributed by atoms with E-state index in [4.69, 9.17) is 4.74 Å². The second-order valence-corrected chi connectivity index (χ2v) is 9.64. The molecule has 190 valence electrons. The third-order valence-electron chi connectivity index (χ3n) is 7.39. The fourth-order valence-corrected chi connectivity index (χ4v) is 5.51. The van der Waals surface area contributed by atoms with Gasteiger partial charge in [0.2, 0.25) is 5.95 Å². The molecular weight excluding hydrogens is 466 g/mol. The predicted octanol–water partition coefficient (Wildman–Crippen LogP) is 3.77. The molecule has 4 aromatic heterocycles. The van der Waals surface area contributed by atoms with E-state index in [1.807, 2.05) is 24.4 Å². The number of rotatable bonds is 6. The highest BCUT2D eigenvalue weighted by Gasteiger charge is 2.27. The minimum atomic E-state index is -2.48. The number of fused-ring (bicyclic) bond motifs is 2. The molecule has 1 aliphatic heterocycles. The molecule has 1 saturated heterocycles. The van der Waals surface area contributed by atoms with Gasteiger partial charge in [-0.3, -0.25) is 4.90 Å². The second kappa shape index (κ2) is 9.70. The summed E-state index contributed by atoms with van der Waals surface area (Å²) in [6.07, 6.45) is 5.71. The third kappa shape index (κ3) is 4.53. The van der Waals surface area contributed by atoms with E-state index in [2.05, 4.69) is 30.3 Å². The molecule has 0 spiro atoms. The average Bonchev–Trinajstić information content (AvgIpc) is 3.45. The Kier molecular flexibility index (Phi) is 6.26. The maximum absolute atomic E-state index is 13.1. The van der Waals surface area contributed by atoms with Crippen LogP contribution in [-0.4, -0.2) is 78.8 Å². The summed E-state index contributed by atoms with van der Waals surface area (Å²) >= 11 is 0. The number of aryl methyl sites for hydroxylation is 1. The summed E-state index contributed by atoms with van der Waals surface area (Å²) in [5.74, 6) is 1.13. The normalized spacial score (nSPS) is 21.6. The Morgan fingerprint density at radius 1 is 1.08 bits per heavy atom. The highest BCUT2D eigenvalue weighted by atomic mass is 19.3. The van der Waals surface area contributed by atoms with Crippen LogP contribution in [0.15, 0.2) is 30.6 Å². The molecule has 5 heterocycles. The van der Waals surface area contributed by atoms with Gasteiger partial charge in [-0.25, -0.2) is 28.2 Å². The molecule has 1 aliphatic carbocycles. The molecule has 6 rings (SSSR count). The Morgan fingerprint density at radius 3 is 2.67 bits per heavy atom. The minimum absolute atomic E-state index is 0.359. The van der Waals surface area contributed by atoms with Gasteiger partial charge in [-0.2, -0.15) is 0 Å². The van der Waals surface area contributed by atoms with Crippen molar-refractivity contribution in [2.75, 3.05) is 31.6 Å². The molecule has 0 unspecified atom stereocenters. The summed E-state index contributed by atoms with van der Waals surface area (Å²) in [7, 11) is 0. The summed E-state index contributed by atoms with van der Waals surface area (Å²) in [5, 5.41) is 8.18. The van der Waals surface area contributed by atoms with Crippen molar-refractivity contribution in [3.05, 3.63) is 36.4 Å². The summed E-state index contributed by atoms with van der Waals surface area (Å²) in [5.41, 5.74) is 3.38. The van der Waals surface area contributed by atoms with Gasteiger partial charge in [0.05, 0.1) is 37.2 Å². The van der Waals surface area contributed by atoms with Crippen LogP contribution in [0.3, 0.4) is 0 Å². The number of nitrogens with one attached hydrogen (secondary N) is 1. The average molecular weight is 497 g/mol. The molecular formula is C25H30F2N8O. The lowest BCUT2D eigenvalue weighted by Gasteiger charge is -2.38. The second-order valence-electron chi connectivity index (χ2n) is 9.64. The van der Waals surface area contributed by atoms with Gasteiger partial charge in [0.15, 0.2) is 5.65 Å². The minimum Gasteiger partial charge on any atom is -0.379 e. The monoisotopic (exact) mass is 496 g/mol. The zero-order valence-corrected chi connectivity index (χ0v) is 20.3. The first kappa shape index (κ1) is 23.2. The van der Waals surface area contributed by atoms with Crippen molar-refractivity contribution in [3.8, 4) is 11.3 Å². The molecule has 36 heavy (non-hydrogen) atoms. The number of pyridine rings is 1. The molecule has 1 N–H and O–H groups in total. The van der Waals surface area contributed by atoms with Crippen LogP contribution in [0.5, 0.6) is 0 Å². The first-order chi connectivity index (χ1) is 17.5. The Labute approximate surface area is 207 Å².